The van der Waals surface area contributed by atoms with Gasteiger partial charge in [-0.05, 0) is 24.5 Å². The van der Waals surface area contributed by atoms with Crippen molar-refractivity contribution < 1.29 is 14.3 Å². The Bertz CT molecular complexity index is 1040. The first-order valence-electron chi connectivity index (χ1n) is 14.0. The minimum atomic E-state index is -0.0101. The Morgan fingerprint density at radius 1 is 0.974 bits per heavy atom. The quantitative estimate of drug-likeness (QED) is 0.498. The van der Waals surface area contributed by atoms with Gasteiger partial charge in [0.15, 0.2) is 0 Å². The number of methoxy groups -OCH3 is 1. The highest BCUT2D eigenvalue weighted by atomic mass is 16.5. The van der Waals surface area contributed by atoms with Crippen molar-refractivity contribution >= 4 is 18.0 Å². The van der Waals surface area contributed by atoms with Crippen LogP contribution in [0, 0.1) is 5.92 Å². The van der Waals surface area contributed by atoms with Gasteiger partial charge in [0.05, 0.1) is 7.11 Å². The highest BCUT2D eigenvalue weighted by Gasteiger charge is 2.27. The van der Waals surface area contributed by atoms with Gasteiger partial charge in [-0.3, -0.25) is 9.69 Å². The van der Waals surface area contributed by atoms with Gasteiger partial charge in [-0.1, -0.05) is 79.9 Å². The lowest BCUT2D eigenvalue weighted by atomic mass is 9.88. The zero-order valence-corrected chi connectivity index (χ0v) is 22.7. The highest BCUT2D eigenvalue weighted by molar-refractivity contribution is 5.79. The zero-order chi connectivity index (χ0) is 26.6. The molecule has 2 fully saturated rings. The maximum Gasteiger partial charge on any atom is 0.317 e. The number of para-hydroxylation sites is 1. The second kappa shape index (κ2) is 14.6. The van der Waals surface area contributed by atoms with Crippen LogP contribution in [0.5, 0.6) is 5.75 Å². The van der Waals surface area contributed by atoms with Crippen LogP contribution >= 0.6 is 0 Å². The molecule has 0 aromatic heterocycles. The third kappa shape index (κ3) is 8.09. The maximum absolute atomic E-state index is 13.5. The number of hydrogen-bond donors (Lipinski definition) is 1. The molecule has 2 aliphatic rings. The number of carbonyl (C=O) groups is 2. The number of piperazine rings is 1. The average Bonchev–Trinajstić information content (AvgIpc) is 2.98. The molecule has 3 amide bonds. The van der Waals surface area contributed by atoms with Crippen LogP contribution in [0.3, 0.4) is 0 Å². The van der Waals surface area contributed by atoms with Gasteiger partial charge in [-0.2, -0.15) is 0 Å². The molecular weight excluding hydrogens is 476 g/mol. The number of rotatable bonds is 10. The molecule has 1 saturated heterocycles. The number of amides is 3. The van der Waals surface area contributed by atoms with Gasteiger partial charge in [0.25, 0.3) is 0 Å². The van der Waals surface area contributed by atoms with Crippen LogP contribution in [0.15, 0.2) is 60.7 Å². The Hall–Kier alpha value is -3.32. The van der Waals surface area contributed by atoms with Crippen LogP contribution in [0.2, 0.25) is 0 Å². The Balaban J connectivity index is 1.28. The first-order chi connectivity index (χ1) is 18.6. The number of carbonyl (C=O) groups excluding carboxylic acids is 2. The third-order valence-corrected chi connectivity index (χ3v) is 7.66. The summed E-state index contributed by atoms with van der Waals surface area (Å²) in [6.07, 6.45) is 9.66. The van der Waals surface area contributed by atoms with Gasteiger partial charge >= 0.3 is 6.03 Å². The molecule has 0 spiro atoms. The predicted molar refractivity (Wildman–Crippen MR) is 152 cm³/mol. The minimum Gasteiger partial charge on any atom is -0.496 e. The summed E-state index contributed by atoms with van der Waals surface area (Å²) in [6, 6.07) is 17.9. The summed E-state index contributed by atoms with van der Waals surface area (Å²) in [5.74, 6) is 1.27. The molecule has 0 atom stereocenters. The van der Waals surface area contributed by atoms with E-state index in [0.717, 1.165) is 62.2 Å². The van der Waals surface area contributed by atoms with E-state index in [9.17, 15) is 9.59 Å². The van der Waals surface area contributed by atoms with Gasteiger partial charge in [-0.25, -0.2) is 4.79 Å². The van der Waals surface area contributed by atoms with E-state index in [0.29, 0.717) is 32.7 Å². The fourth-order valence-electron chi connectivity index (χ4n) is 5.33. The summed E-state index contributed by atoms with van der Waals surface area (Å²) in [6.45, 7) is 5.69. The molecule has 38 heavy (non-hydrogen) atoms. The predicted octanol–water partition coefficient (Wildman–Crippen LogP) is 4.64. The Labute approximate surface area is 227 Å². The number of urea groups is 1. The standard InChI is InChI=1S/C31H42N4O3/c1-38-29-17-9-8-13-27(29)16-10-18-34(30(36)28-14-6-3-7-15-28)22-19-33-20-23-35(24-21-33)31(37)32-25-26-11-4-2-5-12-26/h2,4-5,8-13,16-17,28H,3,6-7,14-15,18-25H2,1H3,(H,32,37)/b16-10+. The highest BCUT2D eigenvalue weighted by Crippen LogP contribution is 2.26. The van der Waals surface area contributed by atoms with Gasteiger partial charge in [0.1, 0.15) is 5.75 Å². The van der Waals surface area contributed by atoms with Crippen molar-refractivity contribution in [3.05, 3.63) is 71.8 Å². The molecule has 0 unspecified atom stereocenters. The maximum atomic E-state index is 13.5. The molecule has 0 bridgehead atoms. The number of hydrogen-bond acceptors (Lipinski definition) is 4. The molecule has 7 heteroatoms. The van der Waals surface area contributed by atoms with Gasteiger partial charge < -0.3 is 19.9 Å². The molecule has 1 aliphatic heterocycles. The molecule has 1 heterocycles. The van der Waals surface area contributed by atoms with E-state index >= 15 is 0 Å². The second-order valence-electron chi connectivity index (χ2n) is 10.2. The minimum absolute atomic E-state index is 0.0101. The van der Waals surface area contributed by atoms with Crippen LogP contribution in [-0.2, 0) is 11.3 Å². The van der Waals surface area contributed by atoms with Crippen molar-refractivity contribution in [2.45, 2.75) is 38.6 Å². The molecule has 2 aromatic rings. The summed E-state index contributed by atoms with van der Waals surface area (Å²) in [4.78, 5) is 32.4. The number of benzene rings is 2. The lowest BCUT2D eigenvalue weighted by molar-refractivity contribution is -0.136. The third-order valence-electron chi connectivity index (χ3n) is 7.66. The van der Waals surface area contributed by atoms with E-state index in [1.807, 2.05) is 70.5 Å². The molecule has 0 radical (unpaired) electrons. The van der Waals surface area contributed by atoms with Crippen LogP contribution in [0.4, 0.5) is 4.79 Å². The lowest BCUT2D eigenvalue weighted by Crippen LogP contribution is -2.53. The molecule has 2 aromatic carbocycles. The van der Waals surface area contributed by atoms with E-state index in [4.69, 9.17) is 4.74 Å². The number of ether oxygens (including phenoxy) is 1. The zero-order valence-electron chi connectivity index (χ0n) is 22.7. The fourth-order valence-corrected chi connectivity index (χ4v) is 5.33. The fraction of sp³-hybridized carbons (Fsp3) is 0.484. The summed E-state index contributed by atoms with van der Waals surface area (Å²) < 4.78 is 5.46. The number of nitrogens with one attached hydrogen (secondary N) is 1. The van der Waals surface area contributed by atoms with E-state index in [2.05, 4.69) is 16.3 Å². The smallest absolute Gasteiger partial charge is 0.317 e. The second-order valence-corrected chi connectivity index (χ2v) is 10.2. The SMILES string of the molecule is COc1ccccc1/C=C/CN(CCN1CCN(C(=O)NCc2ccccc2)CC1)C(=O)C1CCCCC1. The van der Waals surface area contributed by atoms with Crippen LogP contribution in [0.1, 0.15) is 43.2 Å². The Morgan fingerprint density at radius 3 is 2.42 bits per heavy atom. The van der Waals surface area contributed by atoms with E-state index in [1.54, 1.807) is 7.11 Å². The summed E-state index contributed by atoms with van der Waals surface area (Å²) in [7, 11) is 1.68. The average molecular weight is 519 g/mol. The molecule has 7 nitrogen and oxygen atoms in total. The van der Waals surface area contributed by atoms with Crippen LogP contribution < -0.4 is 10.1 Å². The van der Waals surface area contributed by atoms with Crippen LogP contribution in [0.25, 0.3) is 6.08 Å². The summed E-state index contributed by atoms with van der Waals surface area (Å²) in [5, 5.41) is 3.03. The van der Waals surface area contributed by atoms with Crippen molar-refractivity contribution in [1.29, 1.82) is 0 Å². The van der Waals surface area contributed by atoms with E-state index < -0.39 is 0 Å². The van der Waals surface area contributed by atoms with Crippen molar-refractivity contribution in [1.82, 2.24) is 20.0 Å². The summed E-state index contributed by atoms with van der Waals surface area (Å²) in [5.41, 5.74) is 2.11. The normalized spacial score (nSPS) is 16.9. The topological polar surface area (TPSA) is 65.1 Å². The van der Waals surface area contributed by atoms with E-state index in [1.165, 1.54) is 6.42 Å². The van der Waals surface area contributed by atoms with E-state index in [-0.39, 0.29) is 17.9 Å². The van der Waals surface area contributed by atoms with Crippen LogP contribution in [-0.4, -0.2) is 79.6 Å². The lowest BCUT2D eigenvalue weighted by Gasteiger charge is -2.36. The number of nitrogens with zero attached hydrogens (tertiary/aromatic N) is 3. The summed E-state index contributed by atoms with van der Waals surface area (Å²) >= 11 is 0. The molecule has 1 N–H and O–H groups in total. The first kappa shape index (κ1) is 27.7. The van der Waals surface area contributed by atoms with Crippen molar-refractivity contribution in [2.75, 3.05) is 52.9 Å². The monoisotopic (exact) mass is 518 g/mol. The van der Waals surface area contributed by atoms with Gasteiger partial charge in [-0.15, -0.1) is 0 Å². The molecule has 1 saturated carbocycles. The van der Waals surface area contributed by atoms with Gasteiger partial charge in [0, 0.05) is 63.8 Å². The Morgan fingerprint density at radius 2 is 1.68 bits per heavy atom. The molecule has 204 valence electrons. The van der Waals surface area contributed by atoms with Crippen molar-refractivity contribution in [3.8, 4) is 5.75 Å². The molecule has 1 aliphatic carbocycles. The largest absolute Gasteiger partial charge is 0.496 e. The Kier molecular flexibility index (Phi) is 10.6. The van der Waals surface area contributed by atoms with Crippen molar-refractivity contribution in [3.63, 3.8) is 0 Å². The molecule has 4 rings (SSSR count). The van der Waals surface area contributed by atoms with Crippen molar-refractivity contribution in [2.24, 2.45) is 5.92 Å². The van der Waals surface area contributed by atoms with Gasteiger partial charge in [0.2, 0.25) is 5.91 Å². The first-order valence-corrected chi connectivity index (χ1v) is 14.0. The molecular formula is C31H42N4O3.